The molecule has 1 rings (SSSR count). The molecular formula is C12H26N2O3. The third-order valence-electron chi connectivity index (χ3n) is 2.24. The second-order valence-electron chi connectivity index (χ2n) is 5.05. The first kappa shape index (κ1) is 16.4. The van der Waals surface area contributed by atoms with Crippen LogP contribution in [-0.4, -0.2) is 49.5 Å². The first-order valence-corrected chi connectivity index (χ1v) is 6.16. The van der Waals surface area contributed by atoms with Gasteiger partial charge in [0, 0.05) is 32.3 Å². The first-order valence-electron chi connectivity index (χ1n) is 6.16. The summed E-state index contributed by atoms with van der Waals surface area (Å²) in [6.45, 7) is 9.44. The van der Waals surface area contributed by atoms with Gasteiger partial charge in [0.1, 0.15) is 5.60 Å². The van der Waals surface area contributed by atoms with Gasteiger partial charge in [-0.1, -0.05) is 0 Å². The molecule has 1 unspecified atom stereocenters. The second kappa shape index (κ2) is 9.39. The van der Waals surface area contributed by atoms with Crippen molar-refractivity contribution in [3.05, 3.63) is 0 Å². The molecule has 5 heteroatoms. The molecule has 0 aromatic rings. The number of hydrogen-bond donors (Lipinski definition) is 3. The summed E-state index contributed by atoms with van der Waals surface area (Å²) in [6.07, 6.45) is 2.00. The van der Waals surface area contributed by atoms with Crippen LogP contribution in [0.3, 0.4) is 0 Å². The Labute approximate surface area is 104 Å². The number of carbonyl (C=O) groups excluding carboxylic acids is 1. The van der Waals surface area contributed by atoms with Gasteiger partial charge in [0.2, 0.25) is 0 Å². The van der Waals surface area contributed by atoms with Crippen LogP contribution in [0.4, 0.5) is 0 Å². The minimum atomic E-state index is -0.318. The average molecular weight is 246 g/mol. The Kier molecular flexibility index (Phi) is 9.03. The summed E-state index contributed by atoms with van der Waals surface area (Å²) in [5, 5.41) is 15.2. The molecule has 0 aromatic carbocycles. The third-order valence-corrected chi connectivity index (χ3v) is 2.24. The van der Waals surface area contributed by atoms with Gasteiger partial charge >= 0.3 is 0 Å². The van der Waals surface area contributed by atoms with Crippen molar-refractivity contribution in [1.29, 1.82) is 0 Å². The number of carbonyl (C=O) groups is 1. The Balaban J connectivity index is 0.000000325. The van der Waals surface area contributed by atoms with Crippen molar-refractivity contribution in [3.8, 4) is 0 Å². The zero-order valence-corrected chi connectivity index (χ0v) is 11.2. The molecule has 0 spiro atoms. The van der Waals surface area contributed by atoms with Crippen LogP contribution in [-0.2, 0) is 9.53 Å². The number of ether oxygens (including phenoxy) is 1. The van der Waals surface area contributed by atoms with Crippen molar-refractivity contribution in [2.75, 3.05) is 26.2 Å². The summed E-state index contributed by atoms with van der Waals surface area (Å²) < 4.78 is 4.55. The van der Waals surface area contributed by atoms with E-state index < -0.39 is 0 Å². The van der Waals surface area contributed by atoms with Gasteiger partial charge in [0.05, 0.1) is 0 Å². The van der Waals surface area contributed by atoms with Gasteiger partial charge in [0.15, 0.2) is 0 Å². The van der Waals surface area contributed by atoms with Gasteiger partial charge in [-0.15, -0.1) is 0 Å². The van der Waals surface area contributed by atoms with E-state index in [1.807, 2.05) is 20.8 Å². The monoisotopic (exact) mass is 246 g/mol. The van der Waals surface area contributed by atoms with Crippen molar-refractivity contribution < 1.29 is 14.6 Å². The molecule has 1 aliphatic rings. The molecule has 17 heavy (non-hydrogen) atoms. The van der Waals surface area contributed by atoms with Gasteiger partial charge in [0.25, 0.3) is 6.47 Å². The molecule has 3 N–H and O–H groups in total. The number of nitrogens with one attached hydrogen (secondary N) is 2. The van der Waals surface area contributed by atoms with Crippen molar-refractivity contribution in [2.45, 2.75) is 45.3 Å². The quantitative estimate of drug-likeness (QED) is 0.622. The van der Waals surface area contributed by atoms with E-state index in [-0.39, 0.29) is 5.60 Å². The topological polar surface area (TPSA) is 70.6 Å². The molecule has 0 bridgehead atoms. The molecule has 0 amide bonds. The molecule has 5 nitrogen and oxygen atoms in total. The standard InChI is InChI=1S/C7H16N2O.C5H10O2/c10-5-1-2-7-6-8-3-4-9-7;1-5(2,3)7-4-6/h7-10H,1-6H2;4H,1-3H3. The SMILES string of the molecule is CC(C)(C)OC=O.OCCCC1CNCCN1. The van der Waals surface area contributed by atoms with Crippen molar-refractivity contribution in [1.82, 2.24) is 10.6 Å². The molecule has 1 heterocycles. The first-order chi connectivity index (χ1) is 7.99. The van der Waals surface area contributed by atoms with E-state index in [4.69, 9.17) is 5.11 Å². The zero-order chi connectivity index (χ0) is 13.1. The van der Waals surface area contributed by atoms with Gasteiger partial charge in [-0.2, -0.15) is 0 Å². The molecule has 1 fully saturated rings. The smallest absolute Gasteiger partial charge is 0.293 e. The summed E-state index contributed by atoms with van der Waals surface area (Å²) in [5.74, 6) is 0. The number of hydrogen-bond acceptors (Lipinski definition) is 5. The fourth-order valence-corrected chi connectivity index (χ4v) is 1.40. The van der Waals surface area contributed by atoms with E-state index in [0.29, 0.717) is 19.1 Å². The summed E-state index contributed by atoms with van der Waals surface area (Å²) in [7, 11) is 0. The van der Waals surface area contributed by atoms with E-state index in [1.54, 1.807) is 0 Å². The van der Waals surface area contributed by atoms with E-state index in [1.165, 1.54) is 0 Å². The Bertz CT molecular complexity index is 187. The lowest BCUT2D eigenvalue weighted by Crippen LogP contribution is -2.48. The summed E-state index contributed by atoms with van der Waals surface area (Å²) >= 11 is 0. The van der Waals surface area contributed by atoms with Gasteiger partial charge in [-0.3, -0.25) is 4.79 Å². The highest BCUT2D eigenvalue weighted by atomic mass is 16.5. The molecule has 1 atom stereocenters. The van der Waals surface area contributed by atoms with Crippen molar-refractivity contribution in [2.24, 2.45) is 0 Å². The van der Waals surface area contributed by atoms with E-state index in [0.717, 1.165) is 32.5 Å². The summed E-state index contributed by atoms with van der Waals surface area (Å²) in [5.41, 5.74) is -0.318. The molecule has 0 aromatic heterocycles. The van der Waals surface area contributed by atoms with Crippen LogP contribution >= 0.6 is 0 Å². The Morgan fingerprint density at radius 1 is 1.41 bits per heavy atom. The highest BCUT2D eigenvalue weighted by molar-refractivity contribution is 5.37. The van der Waals surface area contributed by atoms with E-state index in [9.17, 15) is 4.79 Å². The van der Waals surface area contributed by atoms with E-state index >= 15 is 0 Å². The second-order valence-corrected chi connectivity index (χ2v) is 5.05. The van der Waals surface area contributed by atoms with Gasteiger partial charge in [-0.05, 0) is 33.6 Å². The molecule has 0 aliphatic carbocycles. The normalized spacial score (nSPS) is 20.1. The lowest BCUT2D eigenvalue weighted by molar-refractivity contribution is -0.138. The lowest BCUT2D eigenvalue weighted by Gasteiger charge is -2.23. The van der Waals surface area contributed by atoms with Crippen LogP contribution in [0.15, 0.2) is 0 Å². The Morgan fingerprint density at radius 2 is 2.12 bits per heavy atom. The molecule has 1 aliphatic heterocycles. The third kappa shape index (κ3) is 11.6. The maximum atomic E-state index is 9.60. The van der Waals surface area contributed by atoms with Crippen molar-refractivity contribution in [3.63, 3.8) is 0 Å². The molecule has 102 valence electrons. The fourth-order valence-electron chi connectivity index (χ4n) is 1.40. The highest BCUT2D eigenvalue weighted by Crippen LogP contribution is 2.02. The summed E-state index contributed by atoms with van der Waals surface area (Å²) in [4.78, 5) is 9.60. The molecule has 1 saturated heterocycles. The predicted molar refractivity (Wildman–Crippen MR) is 67.9 cm³/mol. The van der Waals surface area contributed by atoms with Crippen LogP contribution in [0.25, 0.3) is 0 Å². The Hall–Kier alpha value is -0.650. The number of aliphatic hydroxyl groups excluding tert-OH is 1. The molecular weight excluding hydrogens is 220 g/mol. The maximum absolute atomic E-state index is 9.60. The van der Waals surface area contributed by atoms with Crippen LogP contribution in [0.1, 0.15) is 33.6 Å². The largest absolute Gasteiger partial charge is 0.462 e. The molecule has 0 radical (unpaired) electrons. The highest BCUT2D eigenvalue weighted by Gasteiger charge is 2.10. The number of rotatable bonds is 4. The van der Waals surface area contributed by atoms with Crippen LogP contribution in [0.5, 0.6) is 0 Å². The van der Waals surface area contributed by atoms with Crippen LogP contribution < -0.4 is 10.6 Å². The average Bonchev–Trinajstić information content (AvgIpc) is 2.27. The van der Waals surface area contributed by atoms with Crippen molar-refractivity contribution >= 4 is 6.47 Å². The van der Waals surface area contributed by atoms with Gasteiger partial charge in [-0.25, -0.2) is 0 Å². The number of aliphatic hydroxyl groups is 1. The van der Waals surface area contributed by atoms with Crippen LogP contribution in [0, 0.1) is 0 Å². The van der Waals surface area contributed by atoms with Crippen LogP contribution in [0.2, 0.25) is 0 Å². The maximum Gasteiger partial charge on any atom is 0.293 e. The zero-order valence-electron chi connectivity index (χ0n) is 11.2. The predicted octanol–water partition coefficient (Wildman–Crippen LogP) is 0.278. The Morgan fingerprint density at radius 3 is 2.47 bits per heavy atom. The minimum absolute atomic E-state index is 0.318. The van der Waals surface area contributed by atoms with Gasteiger partial charge < -0.3 is 20.5 Å². The minimum Gasteiger partial charge on any atom is -0.462 e. The molecule has 0 saturated carbocycles. The fraction of sp³-hybridized carbons (Fsp3) is 0.917. The summed E-state index contributed by atoms with van der Waals surface area (Å²) in [6, 6.07) is 0.584. The number of piperazine rings is 1. The lowest BCUT2D eigenvalue weighted by atomic mass is 10.1. The van der Waals surface area contributed by atoms with E-state index in [2.05, 4.69) is 15.4 Å².